The molecule has 2 N–H and O–H groups in total. The van der Waals surface area contributed by atoms with Gasteiger partial charge >= 0.3 is 0 Å². The Bertz CT molecular complexity index is 342. The van der Waals surface area contributed by atoms with Crippen LogP contribution in [0.15, 0.2) is 12.1 Å². The predicted molar refractivity (Wildman–Crippen MR) is 49.9 cm³/mol. The van der Waals surface area contributed by atoms with Crippen LogP contribution in [-0.4, -0.2) is 17.3 Å². The van der Waals surface area contributed by atoms with Crippen molar-refractivity contribution in [2.75, 3.05) is 7.11 Å². The van der Waals surface area contributed by atoms with E-state index in [2.05, 4.69) is 0 Å². The predicted octanol–water partition coefficient (Wildman–Crippen LogP) is 1.77. The number of ether oxygens (including phenoxy) is 1. The smallest absolute Gasteiger partial charge is 0.131 e. The lowest BCUT2D eigenvalue weighted by Crippen LogP contribution is -2.17. The van der Waals surface area contributed by atoms with Gasteiger partial charge in [-0.1, -0.05) is 0 Å². The summed E-state index contributed by atoms with van der Waals surface area (Å²) in [6, 6.07) is 2.06. The van der Waals surface area contributed by atoms with Crippen LogP contribution < -0.4 is 4.74 Å². The van der Waals surface area contributed by atoms with Crippen LogP contribution in [0.4, 0.5) is 4.39 Å². The van der Waals surface area contributed by atoms with Crippen LogP contribution in [0.25, 0.3) is 0 Å². The summed E-state index contributed by atoms with van der Waals surface area (Å²) < 4.78 is 17.7. The molecule has 0 aliphatic heterocycles. The molecule has 0 radical (unpaired) electrons. The maximum Gasteiger partial charge on any atom is 0.131 e. The third-order valence-electron chi connectivity index (χ3n) is 1.88. The highest BCUT2D eigenvalue weighted by Crippen LogP contribution is 2.37. The lowest BCUT2D eigenvalue weighted by molar-refractivity contribution is 0.0726. The molecule has 3 nitrogen and oxygen atoms in total. The Hall–Kier alpha value is -1.29. The van der Waals surface area contributed by atoms with Crippen molar-refractivity contribution in [3.63, 3.8) is 0 Å². The molecular weight excluding hydrogens is 187 g/mol. The third-order valence-corrected chi connectivity index (χ3v) is 1.88. The number of aliphatic hydroxyl groups is 1. The molecule has 0 atom stereocenters. The van der Waals surface area contributed by atoms with Gasteiger partial charge in [-0.2, -0.15) is 0 Å². The number of phenolic OH excluding ortho intramolecular Hbond substituents is 1. The van der Waals surface area contributed by atoms with Gasteiger partial charge in [-0.3, -0.25) is 0 Å². The van der Waals surface area contributed by atoms with Gasteiger partial charge in [0.2, 0.25) is 0 Å². The lowest BCUT2D eigenvalue weighted by atomic mass is 9.96. The molecule has 1 aromatic rings. The van der Waals surface area contributed by atoms with E-state index >= 15 is 0 Å². The molecule has 0 spiro atoms. The van der Waals surface area contributed by atoms with E-state index < -0.39 is 11.4 Å². The molecule has 0 unspecified atom stereocenters. The summed E-state index contributed by atoms with van der Waals surface area (Å²) in [4.78, 5) is 0. The lowest BCUT2D eigenvalue weighted by Gasteiger charge is -2.21. The molecule has 14 heavy (non-hydrogen) atoms. The average Bonchev–Trinajstić information content (AvgIpc) is 1.99. The van der Waals surface area contributed by atoms with E-state index in [4.69, 9.17) is 4.74 Å². The normalized spacial score (nSPS) is 11.5. The molecule has 0 amide bonds. The van der Waals surface area contributed by atoms with Crippen LogP contribution in [0.1, 0.15) is 19.4 Å². The van der Waals surface area contributed by atoms with E-state index in [0.717, 1.165) is 12.1 Å². The van der Waals surface area contributed by atoms with Gasteiger partial charge in [-0.15, -0.1) is 0 Å². The molecule has 0 saturated heterocycles. The van der Waals surface area contributed by atoms with Crippen LogP contribution >= 0.6 is 0 Å². The zero-order valence-electron chi connectivity index (χ0n) is 8.34. The summed E-state index contributed by atoms with van der Waals surface area (Å²) >= 11 is 0. The van der Waals surface area contributed by atoms with Crippen LogP contribution in [0.2, 0.25) is 0 Å². The number of halogens is 1. The first-order valence-corrected chi connectivity index (χ1v) is 4.15. The highest BCUT2D eigenvalue weighted by Gasteiger charge is 2.25. The van der Waals surface area contributed by atoms with Gasteiger partial charge in [0.25, 0.3) is 0 Å². The summed E-state index contributed by atoms with van der Waals surface area (Å²) in [5.41, 5.74) is -1.09. The maximum absolute atomic E-state index is 12.9. The Morgan fingerprint density at radius 3 is 2.36 bits per heavy atom. The zero-order chi connectivity index (χ0) is 10.9. The fraction of sp³-hybridized carbons (Fsp3) is 0.400. The number of hydrogen-bond acceptors (Lipinski definition) is 3. The second-order valence-electron chi connectivity index (χ2n) is 3.56. The van der Waals surface area contributed by atoms with Gasteiger partial charge in [0, 0.05) is 12.1 Å². The summed E-state index contributed by atoms with van der Waals surface area (Å²) in [7, 11) is 1.35. The van der Waals surface area contributed by atoms with Crippen molar-refractivity contribution in [1.82, 2.24) is 0 Å². The Balaban J connectivity index is 3.40. The molecule has 0 fully saturated rings. The van der Waals surface area contributed by atoms with Crippen molar-refractivity contribution in [3.05, 3.63) is 23.5 Å². The Kier molecular flexibility index (Phi) is 2.66. The first-order chi connectivity index (χ1) is 6.36. The monoisotopic (exact) mass is 200 g/mol. The van der Waals surface area contributed by atoms with Crippen LogP contribution in [0.3, 0.4) is 0 Å². The van der Waals surface area contributed by atoms with E-state index in [1.54, 1.807) is 0 Å². The minimum Gasteiger partial charge on any atom is -0.507 e. The Morgan fingerprint density at radius 1 is 1.36 bits per heavy atom. The van der Waals surface area contributed by atoms with E-state index in [0.29, 0.717) is 0 Å². The topological polar surface area (TPSA) is 49.7 Å². The number of phenols is 1. The largest absolute Gasteiger partial charge is 0.507 e. The number of methoxy groups -OCH3 is 1. The van der Waals surface area contributed by atoms with Crippen LogP contribution in [0, 0.1) is 5.82 Å². The second-order valence-corrected chi connectivity index (χ2v) is 3.56. The summed E-state index contributed by atoms with van der Waals surface area (Å²) in [6.07, 6.45) is 0. The average molecular weight is 200 g/mol. The van der Waals surface area contributed by atoms with Crippen molar-refractivity contribution >= 4 is 0 Å². The first-order valence-electron chi connectivity index (χ1n) is 4.15. The molecule has 0 heterocycles. The first kappa shape index (κ1) is 10.8. The standard InChI is InChI=1S/C10H13FO3/c1-10(2,13)9-7(12)4-6(11)5-8(9)14-3/h4-5,12-13H,1-3H3. The van der Waals surface area contributed by atoms with Crippen molar-refractivity contribution in [2.24, 2.45) is 0 Å². The van der Waals surface area contributed by atoms with E-state index in [1.165, 1.54) is 21.0 Å². The van der Waals surface area contributed by atoms with Gasteiger partial charge in [0.05, 0.1) is 18.3 Å². The molecule has 4 heteroatoms. The molecule has 78 valence electrons. The van der Waals surface area contributed by atoms with Crippen LogP contribution in [0.5, 0.6) is 11.5 Å². The minimum atomic E-state index is -1.27. The summed E-state index contributed by atoms with van der Waals surface area (Å²) in [5.74, 6) is -0.781. The number of benzene rings is 1. The van der Waals surface area contributed by atoms with Gasteiger partial charge in [0.1, 0.15) is 17.3 Å². The van der Waals surface area contributed by atoms with Gasteiger partial charge in [0.15, 0.2) is 0 Å². The SMILES string of the molecule is COc1cc(F)cc(O)c1C(C)(C)O. The number of aromatic hydroxyl groups is 1. The van der Waals surface area contributed by atoms with Gasteiger partial charge < -0.3 is 14.9 Å². The second kappa shape index (κ2) is 3.46. The van der Waals surface area contributed by atoms with E-state index in [-0.39, 0.29) is 17.1 Å². The molecule has 0 bridgehead atoms. The van der Waals surface area contributed by atoms with Crippen molar-refractivity contribution in [3.8, 4) is 11.5 Å². The fourth-order valence-corrected chi connectivity index (χ4v) is 1.34. The maximum atomic E-state index is 12.9. The molecule has 0 aliphatic carbocycles. The molecule has 0 aromatic heterocycles. The van der Waals surface area contributed by atoms with Crippen molar-refractivity contribution < 1.29 is 19.3 Å². The quantitative estimate of drug-likeness (QED) is 0.764. The van der Waals surface area contributed by atoms with Crippen molar-refractivity contribution in [1.29, 1.82) is 0 Å². The summed E-state index contributed by atoms with van der Waals surface area (Å²) in [6.45, 7) is 2.98. The molecule has 1 aromatic carbocycles. The Morgan fingerprint density at radius 2 is 1.93 bits per heavy atom. The van der Waals surface area contributed by atoms with Gasteiger partial charge in [-0.05, 0) is 13.8 Å². The number of rotatable bonds is 2. The molecule has 0 saturated carbocycles. The molecule has 1 rings (SSSR count). The minimum absolute atomic E-state index is 0.134. The fourth-order valence-electron chi connectivity index (χ4n) is 1.34. The highest BCUT2D eigenvalue weighted by atomic mass is 19.1. The van der Waals surface area contributed by atoms with Crippen LogP contribution in [-0.2, 0) is 5.60 Å². The van der Waals surface area contributed by atoms with E-state index in [9.17, 15) is 14.6 Å². The highest BCUT2D eigenvalue weighted by molar-refractivity contribution is 5.47. The van der Waals surface area contributed by atoms with E-state index in [1.807, 2.05) is 0 Å². The molecule has 0 aliphatic rings. The zero-order valence-corrected chi connectivity index (χ0v) is 8.34. The molecular formula is C10H13FO3. The Labute approximate surface area is 81.8 Å². The third kappa shape index (κ3) is 1.96. The summed E-state index contributed by atoms with van der Waals surface area (Å²) in [5, 5.41) is 19.2. The number of hydrogen-bond donors (Lipinski definition) is 2. The van der Waals surface area contributed by atoms with Gasteiger partial charge in [-0.25, -0.2) is 4.39 Å². The van der Waals surface area contributed by atoms with Crippen molar-refractivity contribution in [2.45, 2.75) is 19.4 Å².